The van der Waals surface area contributed by atoms with Gasteiger partial charge in [0, 0.05) is 65.5 Å². The highest BCUT2D eigenvalue weighted by Gasteiger charge is 2.40. The van der Waals surface area contributed by atoms with Crippen molar-refractivity contribution in [3.63, 3.8) is 0 Å². The fourth-order valence-electron chi connectivity index (χ4n) is 6.77. The Kier molecular flexibility index (Phi) is 5.96. The Labute approximate surface area is 214 Å². The molecule has 0 radical (unpaired) electrons. The van der Waals surface area contributed by atoms with Crippen LogP contribution in [0.5, 0.6) is 0 Å². The van der Waals surface area contributed by atoms with E-state index >= 15 is 0 Å². The van der Waals surface area contributed by atoms with Gasteiger partial charge in [-0.25, -0.2) is 0 Å². The van der Waals surface area contributed by atoms with E-state index in [1.54, 1.807) is 0 Å². The van der Waals surface area contributed by atoms with Gasteiger partial charge in [0.15, 0.2) is 5.78 Å². The third-order valence-electron chi connectivity index (χ3n) is 9.01. The number of carbonyl (C=O) groups excluding carboxylic acids is 1. The number of hydrogen-bond donors (Lipinski definition) is 1. The standard InChI is InChI=1S/C31H39N3O2/c1-5-20-7-8-23-26(17-20)32-30-28(23)29(35)24-18-21(6-2)27(19-25(24)31(30,3)4)34-11-9-22(10-12-34)33-13-15-36-16-14-33/h7-8,17-19,22,32H,5-6,9-16H2,1-4H3. The molecular formula is C31H39N3O2. The molecule has 0 atom stereocenters. The molecular weight excluding hydrogens is 446 g/mol. The van der Waals surface area contributed by atoms with Crippen LogP contribution in [0.3, 0.4) is 0 Å². The van der Waals surface area contributed by atoms with E-state index in [1.807, 2.05) is 0 Å². The van der Waals surface area contributed by atoms with Crippen LogP contribution in [0, 0.1) is 0 Å². The highest BCUT2D eigenvalue weighted by molar-refractivity contribution is 6.20. The lowest BCUT2D eigenvalue weighted by atomic mass is 9.70. The summed E-state index contributed by atoms with van der Waals surface area (Å²) in [4.78, 5) is 22.8. The number of nitrogens with one attached hydrogen (secondary N) is 1. The summed E-state index contributed by atoms with van der Waals surface area (Å²) in [5.74, 6) is 0.169. The Hall–Kier alpha value is -2.63. The summed E-state index contributed by atoms with van der Waals surface area (Å²) in [6, 6.07) is 11.7. The monoisotopic (exact) mass is 485 g/mol. The molecule has 2 aliphatic heterocycles. The second-order valence-corrected chi connectivity index (χ2v) is 11.3. The predicted molar refractivity (Wildman–Crippen MR) is 147 cm³/mol. The molecule has 3 aromatic rings. The zero-order valence-corrected chi connectivity index (χ0v) is 22.2. The first kappa shape index (κ1) is 23.7. The maximum Gasteiger partial charge on any atom is 0.195 e. The Morgan fingerprint density at radius 3 is 2.44 bits per heavy atom. The van der Waals surface area contributed by atoms with Crippen molar-refractivity contribution >= 4 is 22.4 Å². The van der Waals surface area contributed by atoms with Crippen LogP contribution in [-0.2, 0) is 23.0 Å². The van der Waals surface area contributed by atoms with Gasteiger partial charge >= 0.3 is 0 Å². The smallest absolute Gasteiger partial charge is 0.195 e. The van der Waals surface area contributed by atoms with Crippen LogP contribution in [-0.4, -0.2) is 61.1 Å². The lowest BCUT2D eigenvalue weighted by Crippen LogP contribution is -2.49. The minimum atomic E-state index is -0.267. The molecule has 5 nitrogen and oxygen atoms in total. The van der Waals surface area contributed by atoms with Crippen molar-refractivity contribution in [1.29, 1.82) is 0 Å². The molecule has 1 aromatic heterocycles. The minimum absolute atomic E-state index is 0.169. The van der Waals surface area contributed by atoms with E-state index in [0.717, 1.165) is 85.5 Å². The Morgan fingerprint density at radius 1 is 1.00 bits per heavy atom. The molecule has 36 heavy (non-hydrogen) atoms. The summed E-state index contributed by atoms with van der Waals surface area (Å²) >= 11 is 0. The number of anilines is 1. The molecule has 3 aliphatic rings. The van der Waals surface area contributed by atoms with E-state index < -0.39 is 0 Å². The fourth-order valence-corrected chi connectivity index (χ4v) is 6.77. The van der Waals surface area contributed by atoms with E-state index in [4.69, 9.17) is 4.74 Å². The molecule has 0 saturated carbocycles. The summed E-state index contributed by atoms with van der Waals surface area (Å²) in [5.41, 5.74) is 8.69. The van der Waals surface area contributed by atoms with E-state index in [0.29, 0.717) is 6.04 Å². The summed E-state index contributed by atoms with van der Waals surface area (Å²) < 4.78 is 5.57. The van der Waals surface area contributed by atoms with Crippen LogP contribution >= 0.6 is 0 Å². The highest BCUT2D eigenvalue weighted by Crippen LogP contribution is 2.46. The molecule has 3 heterocycles. The van der Waals surface area contributed by atoms with Crippen molar-refractivity contribution in [3.8, 4) is 0 Å². The summed E-state index contributed by atoms with van der Waals surface area (Å²) in [6.07, 6.45) is 4.30. The number of fused-ring (bicyclic) bond motifs is 4. The van der Waals surface area contributed by atoms with E-state index in [9.17, 15) is 4.79 Å². The Bertz CT molecular complexity index is 1310. The van der Waals surface area contributed by atoms with Gasteiger partial charge in [-0.05, 0) is 60.6 Å². The average molecular weight is 486 g/mol. The zero-order valence-electron chi connectivity index (χ0n) is 22.2. The number of carbonyl (C=O) groups is 1. The van der Waals surface area contributed by atoms with Crippen LogP contribution in [0.1, 0.15) is 78.8 Å². The van der Waals surface area contributed by atoms with Gasteiger partial charge < -0.3 is 14.6 Å². The van der Waals surface area contributed by atoms with Gasteiger partial charge in [-0.1, -0.05) is 39.8 Å². The third-order valence-corrected chi connectivity index (χ3v) is 9.01. The Morgan fingerprint density at radius 2 is 1.75 bits per heavy atom. The fraction of sp³-hybridized carbons (Fsp3) is 0.516. The number of benzene rings is 2. The Balaban J connectivity index is 1.36. The quantitative estimate of drug-likeness (QED) is 0.533. The molecule has 0 amide bonds. The van der Waals surface area contributed by atoms with Crippen molar-refractivity contribution < 1.29 is 9.53 Å². The zero-order chi connectivity index (χ0) is 25.0. The lowest BCUT2D eigenvalue weighted by Gasteiger charge is -2.42. The number of nitrogens with zero attached hydrogens (tertiary/aromatic N) is 2. The maximum atomic E-state index is 13.9. The van der Waals surface area contributed by atoms with Crippen LogP contribution in [0.2, 0.25) is 0 Å². The number of morpholine rings is 1. The first-order valence-corrected chi connectivity index (χ1v) is 13.9. The van der Waals surface area contributed by atoms with Crippen molar-refractivity contribution in [2.75, 3.05) is 44.3 Å². The van der Waals surface area contributed by atoms with Crippen LogP contribution in [0.25, 0.3) is 10.9 Å². The molecule has 2 fully saturated rings. The number of aromatic amines is 1. The summed E-state index contributed by atoms with van der Waals surface area (Å²) in [5, 5.41) is 1.05. The number of ketones is 1. The second-order valence-electron chi connectivity index (χ2n) is 11.3. The van der Waals surface area contributed by atoms with Crippen molar-refractivity contribution in [1.82, 2.24) is 9.88 Å². The summed E-state index contributed by atoms with van der Waals surface area (Å²) in [6.45, 7) is 14.9. The molecule has 2 saturated heterocycles. The molecule has 5 heteroatoms. The van der Waals surface area contributed by atoms with Crippen molar-refractivity contribution in [2.24, 2.45) is 0 Å². The molecule has 0 spiro atoms. The molecule has 2 aromatic carbocycles. The largest absolute Gasteiger partial charge is 0.379 e. The SMILES string of the molecule is CCc1ccc2c3c([nH]c2c1)C(C)(C)c1cc(N2CCC(N4CCOCC4)CC2)c(CC)cc1C3=O. The molecule has 1 N–H and O–H groups in total. The lowest BCUT2D eigenvalue weighted by molar-refractivity contribution is 0.0115. The van der Waals surface area contributed by atoms with Gasteiger partial charge in [0.25, 0.3) is 0 Å². The van der Waals surface area contributed by atoms with Gasteiger partial charge in [-0.15, -0.1) is 0 Å². The van der Waals surface area contributed by atoms with E-state index in [2.05, 4.69) is 72.8 Å². The molecule has 6 rings (SSSR count). The number of ether oxygens (including phenoxy) is 1. The van der Waals surface area contributed by atoms with Gasteiger partial charge in [0.05, 0.1) is 18.8 Å². The van der Waals surface area contributed by atoms with Gasteiger partial charge in [0.2, 0.25) is 0 Å². The van der Waals surface area contributed by atoms with Crippen LogP contribution in [0.4, 0.5) is 5.69 Å². The van der Waals surface area contributed by atoms with Crippen molar-refractivity contribution in [2.45, 2.75) is 64.8 Å². The predicted octanol–water partition coefficient (Wildman–Crippen LogP) is 5.46. The van der Waals surface area contributed by atoms with Gasteiger partial charge in [-0.2, -0.15) is 0 Å². The number of aromatic nitrogens is 1. The molecule has 0 bridgehead atoms. The molecule has 0 unspecified atom stereocenters. The topological polar surface area (TPSA) is 48.6 Å². The van der Waals surface area contributed by atoms with Crippen molar-refractivity contribution in [3.05, 3.63) is 63.8 Å². The first-order valence-electron chi connectivity index (χ1n) is 13.9. The number of piperidine rings is 1. The number of aryl methyl sites for hydroxylation is 2. The van der Waals surface area contributed by atoms with Crippen LogP contribution in [0.15, 0.2) is 30.3 Å². The average Bonchev–Trinajstić information content (AvgIpc) is 3.32. The third kappa shape index (κ3) is 3.71. The minimum Gasteiger partial charge on any atom is -0.379 e. The normalized spacial score (nSPS) is 20.6. The van der Waals surface area contributed by atoms with E-state index in [-0.39, 0.29) is 11.2 Å². The molecule has 190 valence electrons. The van der Waals surface area contributed by atoms with Gasteiger partial charge in [-0.3, -0.25) is 9.69 Å². The first-order chi connectivity index (χ1) is 17.4. The maximum absolute atomic E-state index is 13.9. The van der Waals surface area contributed by atoms with Gasteiger partial charge in [0.1, 0.15) is 0 Å². The highest BCUT2D eigenvalue weighted by atomic mass is 16.5. The van der Waals surface area contributed by atoms with Crippen LogP contribution < -0.4 is 4.90 Å². The molecule has 1 aliphatic carbocycles. The number of hydrogen-bond acceptors (Lipinski definition) is 4. The number of rotatable bonds is 4. The number of H-pyrrole nitrogens is 1. The van der Waals surface area contributed by atoms with E-state index in [1.165, 1.54) is 29.7 Å². The summed E-state index contributed by atoms with van der Waals surface area (Å²) in [7, 11) is 0. The second kappa shape index (κ2) is 9.04.